The van der Waals surface area contributed by atoms with E-state index in [1.807, 2.05) is 11.4 Å². The maximum atomic E-state index is 12.7. The summed E-state index contributed by atoms with van der Waals surface area (Å²) in [4.78, 5) is 29.2. The Bertz CT molecular complexity index is 742. The number of thiophene rings is 1. The van der Waals surface area contributed by atoms with Gasteiger partial charge in [-0.3, -0.25) is 9.69 Å². The molecule has 0 unspecified atom stereocenters. The highest BCUT2D eigenvalue weighted by molar-refractivity contribution is 7.12. The van der Waals surface area contributed by atoms with Gasteiger partial charge in [-0.25, -0.2) is 9.97 Å². The Hall–Kier alpha value is -1.99. The van der Waals surface area contributed by atoms with Gasteiger partial charge in [0.25, 0.3) is 5.91 Å². The molecule has 0 saturated carbocycles. The minimum atomic E-state index is 0.244. The van der Waals surface area contributed by atoms with E-state index in [1.165, 1.54) is 5.56 Å². The maximum absolute atomic E-state index is 12.7. The molecule has 0 aliphatic carbocycles. The van der Waals surface area contributed by atoms with E-state index in [0.717, 1.165) is 82.3 Å². The first kappa shape index (κ1) is 18.4. The Morgan fingerprint density at radius 2 is 1.78 bits per heavy atom. The second kappa shape index (κ2) is 8.80. The summed E-state index contributed by atoms with van der Waals surface area (Å²) in [5.41, 5.74) is 1.24. The Morgan fingerprint density at radius 1 is 1.00 bits per heavy atom. The molecule has 2 aliphatic heterocycles. The van der Waals surface area contributed by atoms with Crippen molar-refractivity contribution in [3.8, 4) is 0 Å². The summed E-state index contributed by atoms with van der Waals surface area (Å²) < 4.78 is 0. The molecule has 2 aromatic rings. The van der Waals surface area contributed by atoms with E-state index in [9.17, 15) is 4.79 Å². The molecule has 4 heterocycles. The molecule has 1 saturated heterocycles. The molecule has 0 N–H and O–H groups in total. The van der Waals surface area contributed by atoms with E-state index >= 15 is 0 Å². The van der Waals surface area contributed by atoms with E-state index < -0.39 is 0 Å². The van der Waals surface area contributed by atoms with Crippen molar-refractivity contribution in [2.24, 2.45) is 0 Å². The molecule has 4 rings (SSSR count). The lowest BCUT2D eigenvalue weighted by atomic mass is 10.1. The highest BCUT2D eigenvalue weighted by Gasteiger charge is 2.23. The summed E-state index contributed by atoms with van der Waals surface area (Å²) >= 11 is 1.60. The average molecular weight is 386 g/mol. The Balaban J connectivity index is 1.17. The highest BCUT2D eigenvalue weighted by atomic mass is 32.1. The number of piperazine rings is 1. The molecular weight excluding hydrogens is 358 g/mol. The van der Waals surface area contributed by atoms with Crippen LogP contribution in [0, 0.1) is 0 Å². The lowest BCUT2D eigenvalue weighted by Crippen LogP contribution is -2.47. The molecule has 0 bridgehead atoms. The van der Waals surface area contributed by atoms with Crippen LogP contribution in [-0.2, 0) is 6.42 Å². The lowest BCUT2D eigenvalue weighted by Gasteiger charge is -2.34. The van der Waals surface area contributed by atoms with Gasteiger partial charge >= 0.3 is 0 Å². The van der Waals surface area contributed by atoms with Crippen LogP contribution >= 0.6 is 11.3 Å². The number of nitrogens with zero attached hydrogens (tertiary/aromatic N) is 5. The number of aromatic nitrogens is 2. The molecule has 27 heavy (non-hydrogen) atoms. The normalized spacial score (nSPS) is 18.4. The van der Waals surface area contributed by atoms with Crippen LogP contribution in [0.25, 0.3) is 0 Å². The van der Waals surface area contributed by atoms with E-state index in [-0.39, 0.29) is 5.91 Å². The molecular formula is C20H27N5OS. The number of anilines is 1. The molecule has 0 radical (unpaired) electrons. The number of carbonyl (C=O) groups excluding carboxylic acids is 1. The van der Waals surface area contributed by atoms with Crippen molar-refractivity contribution in [2.75, 3.05) is 50.7 Å². The van der Waals surface area contributed by atoms with Gasteiger partial charge in [0.2, 0.25) is 5.95 Å². The van der Waals surface area contributed by atoms with E-state index in [1.54, 1.807) is 23.7 Å². The van der Waals surface area contributed by atoms with Crippen molar-refractivity contribution < 1.29 is 4.79 Å². The van der Waals surface area contributed by atoms with Gasteiger partial charge in [0, 0.05) is 51.7 Å². The lowest BCUT2D eigenvalue weighted by molar-refractivity contribution is 0.0761. The molecule has 0 spiro atoms. The van der Waals surface area contributed by atoms with Gasteiger partial charge in [-0.1, -0.05) is 0 Å². The van der Waals surface area contributed by atoms with Crippen LogP contribution in [0.5, 0.6) is 0 Å². The predicted molar refractivity (Wildman–Crippen MR) is 108 cm³/mol. The summed E-state index contributed by atoms with van der Waals surface area (Å²) in [5.74, 6) is 1.08. The molecule has 2 aromatic heterocycles. The van der Waals surface area contributed by atoms with Crippen LogP contribution in [0.3, 0.4) is 0 Å². The van der Waals surface area contributed by atoms with Crippen LogP contribution < -0.4 is 4.90 Å². The molecule has 0 aromatic carbocycles. The highest BCUT2D eigenvalue weighted by Crippen LogP contribution is 2.24. The minimum Gasteiger partial charge on any atom is -0.338 e. The Morgan fingerprint density at radius 3 is 2.59 bits per heavy atom. The number of hydrogen-bond donors (Lipinski definition) is 0. The number of amides is 1. The topological polar surface area (TPSA) is 52.6 Å². The molecule has 0 atom stereocenters. The van der Waals surface area contributed by atoms with Crippen molar-refractivity contribution in [2.45, 2.75) is 25.7 Å². The standard InChI is InChI=1S/C20H27N5OS/c26-19-18-17(6-16-27-18)5-3-11-24(19)10-2-1-9-23-12-14-25(15-13-23)20-21-7-4-8-22-20/h4,6-8,16H,1-3,5,9-15H2. The van der Waals surface area contributed by atoms with Crippen molar-refractivity contribution >= 4 is 23.2 Å². The first-order chi connectivity index (χ1) is 13.3. The second-order valence-corrected chi connectivity index (χ2v) is 8.17. The summed E-state index contributed by atoms with van der Waals surface area (Å²) in [6.07, 6.45) is 7.95. The molecule has 6 nitrogen and oxygen atoms in total. The van der Waals surface area contributed by atoms with Crippen molar-refractivity contribution in [1.29, 1.82) is 0 Å². The van der Waals surface area contributed by atoms with Crippen LogP contribution in [0.1, 0.15) is 34.5 Å². The van der Waals surface area contributed by atoms with Crippen LogP contribution in [0.15, 0.2) is 29.9 Å². The summed E-state index contributed by atoms with van der Waals surface area (Å²) in [6.45, 7) is 6.96. The Labute approximate surface area is 164 Å². The maximum Gasteiger partial charge on any atom is 0.264 e. The zero-order valence-electron chi connectivity index (χ0n) is 15.7. The van der Waals surface area contributed by atoms with Crippen molar-refractivity contribution in [3.63, 3.8) is 0 Å². The third kappa shape index (κ3) is 4.47. The Kier molecular flexibility index (Phi) is 5.99. The van der Waals surface area contributed by atoms with Crippen LogP contribution in [0.2, 0.25) is 0 Å². The number of aryl methyl sites for hydroxylation is 1. The van der Waals surface area contributed by atoms with Gasteiger partial charge in [0.05, 0.1) is 4.88 Å². The number of carbonyl (C=O) groups is 1. The zero-order valence-corrected chi connectivity index (χ0v) is 16.5. The largest absolute Gasteiger partial charge is 0.338 e. The second-order valence-electron chi connectivity index (χ2n) is 7.26. The number of hydrogen-bond acceptors (Lipinski definition) is 6. The van der Waals surface area contributed by atoms with Gasteiger partial charge in [-0.2, -0.15) is 0 Å². The third-order valence-corrected chi connectivity index (χ3v) is 6.41. The van der Waals surface area contributed by atoms with Crippen molar-refractivity contribution in [1.82, 2.24) is 19.8 Å². The van der Waals surface area contributed by atoms with Gasteiger partial charge in [0.15, 0.2) is 0 Å². The minimum absolute atomic E-state index is 0.244. The fourth-order valence-corrected chi connectivity index (χ4v) is 4.82. The molecule has 1 fully saturated rings. The average Bonchev–Trinajstić information content (AvgIpc) is 3.13. The van der Waals surface area contributed by atoms with E-state index in [4.69, 9.17) is 0 Å². The van der Waals surface area contributed by atoms with Crippen molar-refractivity contribution in [3.05, 3.63) is 40.3 Å². The SMILES string of the molecule is O=C1c2sccc2CCCN1CCCCN1CCN(c2ncccn2)CC1. The first-order valence-electron chi connectivity index (χ1n) is 9.91. The van der Waals surface area contributed by atoms with Crippen LogP contribution in [-0.4, -0.2) is 71.5 Å². The van der Waals surface area contributed by atoms with E-state index in [2.05, 4.69) is 30.7 Å². The fourth-order valence-electron chi connectivity index (χ4n) is 3.90. The monoisotopic (exact) mass is 385 g/mol. The van der Waals surface area contributed by atoms with Gasteiger partial charge < -0.3 is 9.80 Å². The number of rotatable bonds is 6. The molecule has 1 amide bonds. The number of fused-ring (bicyclic) bond motifs is 1. The van der Waals surface area contributed by atoms with Gasteiger partial charge in [-0.05, 0) is 55.3 Å². The molecule has 144 valence electrons. The molecule has 2 aliphatic rings. The van der Waals surface area contributed by atoms with Gasteiger partial charge in [0.1, 0.15) is 0 Å². The smallest absolute Gasteiger partial charge is 0.264 e. The van der Waals surface area contributed by atoms with Gasteiger partial charge in [-0.15, -0.1) is 11.3 Å². The predicted octanol–water partition coefficient (Wildman–Crippen LogP) is 2.53. The summed E-state index contributed by atoms with van der Waals surface area (Å²) in [5, 5.41) is 2.05. The quantitative estimate of drug-likeness (QED) is 0.715. The molecule has 7 heteroatoms. The number of unbranched alkanes of at least 4 members (excludes halogenated alkanes) is 1. The third-order valence-electron chi connectivity index (χ3n) is 5.46. The van der Waals surface area contributed by atoms with E-state index in [0.29, 0.717) is 0 Å². The zero-order chi connectivity index (χ0) is 18.5. The summed E-state index contributed by atoms with van der Waals surface area (Å²) in [6, 6.07) is 3.97. The first-order valence-corrected chi connectivity index (χ1v) is 10.8. The fraction of sp³-hybridized carbons (Fsp3) is 0.550. The van der Waals surface area contributed by atoms with Crippen LogP contribution in [0.4, 0.5) is 5.95 Å². The summed E-state index contributed by atoms with van der Waals surface area (Å²) in [7, 11) is 0.